The molecule has 0 spiro atoms. The number of hydrogen-bond donors (Lipinski definition) is 0. The van der Waals surface area contributed by atoms with Crippen molar-refractivity contribution in [3.05, 3.63) is 94.0 Å². The van der Waals surface area contributed by atoms with Crippen molar-refractivity contribution in [2.24, 2.45) is 5.10 Å². The summed E-state index contributed by atoms with van der Waals surface area (Å²) in [5.74, 6) is 1.43. The fraction of sp³-hybridized carbons (Fsp3) is 0.167. The van der Waals surface area contributed by atoms with E-state index >= 15 is 0 Å². The maximum absolute atomic E-state index is 13.3. The summed E-state index contributed by atoms with van der Waals surface area (Å²) in [6.07, 6.45) is -0.0987. The van der Waals surface area contributed by atoms with E-state index in [-0.39, 0.29) is 11.8 Å². The first-order chi connectivity index (χ1) is 14.6. The van der Waals surface area contributed by atoms with E-state index in [0.29, 0.717) is 12.0 Å². The topological polar surface area (TPSA) is 51.1 Å². The van der Waals surface area contributed by atoms with E-state index in [1.807, 2.05) is 65.7 Å². The van der Waals surface area contributed by atoms with Crippen molar-refractivity contribution in [3.63, 3.8) is 0 Å². The molecule has 3 aromatic rings. The van der Waals surface area contributed by atoms with Gasteiger partial charge in [0.25, 0.3) is 6.23 Å². The molecule has 3 aromatic carbocycles. The van der Waals surface area contributed by atoms with Gasteiger partial charge < -0.3 is 9.47 Å². The summed E-state index contributed by atoms with van der Waals surface area (Å²) in [7, 11) is 1.65. The molecular weight excluding hydrogens is 444 g/mol. The average molecular weight is 463 g/mol. The highest BCUT2D eigenvalue weighted by molar-refractivity contribution is 9.10. The largest absolute Gasteiger partial charge is 0.497 e. The van der Waals surface area contributed by atoms with Gasteiger partial charge in [-0.1, -0.05) is 46.3 Å². The minimum absolute atomic E-state index is 0.0450. The fourth-order valence-corrected chi connectivity index (χ4v) is 4.19. The van der Waals surface area contributed by atoms with Crippen LogP contribution in [0.25, 0.3) is 0 Å². The van der Waals surface area contributed by atoms with E-state index in [0.717, 1.165) is 32.8 Å². The fourth-order valence-electron chi connectivity index (χ4n) is 3.92. The van der Waals surface area contributed by atoms with Gasteiger partial charge in [-0.25, -0.2) is 5.01 Å². The lowest BCUT2D eigenvalue weighted by Crippen LogP contribution is -2.45. The molecule has 0 radical (unpaired) electrons. The number of rotatable bonds is 4. The molecule has 0 saturated carbocycles. The molecule has 2 aliphatic rings. The zero-order valence-electron chi connectivity index (χ0n) is 16.3. The predicted molar refractivity (Wildman–Crippen MR) is 118 cm³/mol. The number of para-hydroxylation sites is 1. The van der Waals surface area contributed by atoms with E-state index in [1.54, 1.807) is 19.2 Å². The Morgan fingerprint density at radius 1 is 1.07 bits per heavy atom. The standard InChI is InChI=1S/C24H19BrN2O3/c1-29-18-12-8-15(9-13-18)20-14-21-19-4-2-3-5-22(19)30-24(27(21)26-20)23(28)16-6-10-17(25)11-7-16/h2-13,21,24H,14H2,1H3/t21-,24+/m1/s1. The normalized spacial score (nSPS) is 19.4. The highest BCUT2D eigenvalue weighted by Crippen LogP contribution is 2.43. The molecule has 2 heterocycles. The molecule has 5 rings (SSSR count). The number of hydrazone groups is 1. The summed E-state index contributed by atoms with van der Waals surface area (Å²) in [4.78, 5) is 13.3. The van der Waals surface area contributed by atoms with Gasteiger partial charge in [-0.2, -0.15) is 5.10 Å². The third-order valence-corrected chi connectivity index (χ3v) is 6.00. The zero-order chi connectivity index (χ0) is 20.7. The Labute approximate surface area is 183 Å². The Morgan fingerprint density at radius 3 is 2.53 bits per heavy atom. The number of hydrogen-bond acceptors (Lipinski definition) is 5. The van der Waals surface area contributed by atoms with Crippen molar-refractivity contribution < 1.29 is 14.3 Å². The zero-order valence-corrected chi connectivity index (χ0v) is 17.9. The van der Waals surface area contributed by atoms with E-state index in [2.05, 4.69) is 15.9 Å². The second-order valence-corrected chi connectivity index (χ2v) is 8.17. The van der Waals surface area contributed by atoms with Crippen molar-refractivity contribution in [1.29, 1.82) is 0 Å². The molecule has 0 unspecified atom stereocenters. The lowest BCUT2D eigenvalue weighted by atomic mass is 9.96. The van der Waals surface area contributed by atoms with E-state index in [4.69, 9.17) is 14.6 Å². The van der Waals surface area contributed by atoms with Crippen molar-refractivity contribution in [2.45, 2.75) is 18.7 Å². The third kappa shape index (κ3) is 3.27. The summed E-state index contributed by atoms with van der Waals surface area (Å²) in [5, 5.41) is 6.65. The summed E-state index contributed by atoms with van der Waals surface area (Å²) in [6, 6.07) is 23.0. The Balaban J connectivity index is 1.53. The van der Waals surface area contributed by atoms with Crippen LogP contribution in [0.15, 0.2) is 82.4 Å². The first kappa shape index (κ1) is 18.9. The van der Waals surface area contributed by atoms with E-state index < -0.39 is 6.23 Å². The van der Waals surface area contributed by atoms with Crippen LogP contribution in [0.1, 0.15) is 33.9 Å². The van der Waals surface area contributed by atoms with Crippen LogP contribution in [-0.4, -0.2) is 29.8 Å². The molecular formula is C24H19BrN2O3. The number of ketones is 1. The van der Waals surface area contributed by atoms with Gasteiger partial charge in [0, 0.05) is 22.0 Å². The number of halogens is 1. The van der Waals surface area contributed by atoms with Gasteiger partial charge in [0.15, 0.2) is 0 Å². The molecule has 150 valence electrons. The molecule has 0 N–H and O–H groups in total. The molecule has 0 saturated heterocycles. The lowest BCUT2D eigenvalue weighted by molar-refractivity contribution is -0.00455. The van der Waals surface area contributed by atoms with Crippen LogP contribution < -0.4 is 9.47 Å². The van der Waals surface area contributed by atoms with Crippen LogP contribution in [0.4, 0.5) is 0 Å². The molecule has 5 nitrogen and oxygen atoms in total. The number of Topliss-reactive ketones (excluding diaryl/α,β-unsaturated/α-hetero) is 1. The quantitative estimate of drug-likeness (QED) is 0.499. The van der Waals surface area contributed by atoms with Crippen LogP contribution in [0.3, 0.4) is 0 Å². The third-order valence-electron chi connectivity index (χ3n) is 5.48. The number of nitrogens with zero attached hydrogens (tertiary/aromatic N) is 2. The van der Waals surface area contributed by atoms with Crippen LogP contribution in [-0.2, 0) is 0 Å². The maximum Gasteiger partial charge on any atom is 0.251 e. The van der Waals surface area contributed by atoms with Crippen LogP contribution in [0.2, 0.25) is 0 Å². The Bertz CT molecular complexity index is 1130. The average Bonchev–Trinajstić information content (AvgIpc) is 3.24. The van der Waals surface area contributed by atoms with Crippen LogP contribution >= 0.6 is 15.9 Å². The van der Waals surface area contributed by atoms with Crippen LogP contribution in [0.5, 0.6) is 11.5 Å². The van der Waals surface area contributed by atoms with Crippen molar-refractivity contribution in [1.82, 2.24) is 5.01 Å². The lowest BCUT2D eigenvalue weighted by Gasteiger charge is -2.37. The Morgan fingerprint density at radius 2 is 1.80 bits per heavy atom. The summed E-state index contributed by atoms with van der Waals surface area (Å²) < 4.78 is 12.3. The van der Waals surface area contributed by atoms with Crippen molar-refractivity contribution >= 4 is 27.4 Å². The summed E-state index contributed by atoms with van der Waals surface area (Å²) in [5.41, 5.74) is 3.58. The number of carbonyl (C=O) groups excluding carboxylic acids is 1. The number of carbonyl (C=O) groups is 1. The molecule has 0 fully saturated rings. The molecule has 2 atom stereocenters. The van der Waals surface area contributed by atoms with Gasteiger partial charge >= 0.3 is 0 Å². The maximum atomic E-state index is 13.3. The minimum atomic E-state index is -0.804. The highest BCUT2D eigenvalue weighted by Gasteiger charge is 2.43. The number of fused-ring (bicyclic) bond motifs is 3. The summed E-state index contributed by atoms with van der Waals surface area (Å²) in [6.45, 7) is 0. The Hall–Kier alpha value is -3.12. The van der Waals surface area contributed by atoms with Gasteiger partial charge in [-0.15, -0.1) is 0 Å². The first-order valence-electron chi connectivity index (χ1n) is 9.69. The predicted octanol–water partition coefficient (Wildman–Crippen LogP) is 5.21. The second kappa shape index (κ2) is 7.61. The van der Waals surface area contributed by atoms with Gasteiger partial charge in [0.05, 0.1) is 18.9 Å². The van der Waals surface area contributed by atoms with E-state index in [9.17, 15) is 4.79 Å². The number of ether oxygens (including phenoxy) is 2. The molecule has 30 heavy (non-hydrogen) atoms. The SMILES string of the molecule is COc1ccc(C2=NN3[C@H](C2)c2ccccc2O[C@H]3C(=O)c2ccc(Br)cc2)cc1. The monoisotopic (exact) mass is 462 g/mol. The molecule has 0 aliphatic carbocycles. The molecule has 0 amide bonds. The minimum Gasteiger partial charge on any atom is -0.497 e. The van der Waals surface area contributed by atoms with Crippen molar-refractivity contribution in [2.75, 3.05) is 7.11 Å². The van der Waals surface area contributed by atoms with Gasteiger partial charge in [0.1, 0.15) is 11.5 Å². The van der Waals surface area contributed by atoms with Gasteiger partial charge in [-0.3, -0.25) is 4.79 Å². The molecule has 0 aromatic heterocycles. The first-order valence-corrected chi connectivity index (χ1v) is 10.5. The molecule has 0 bridgehead atoms. The van der Waals surface area contributed by atoms with Gasteiger partial charge in [0.2, 0.25) is 5.78 Å². The summed E-state index contributed by atoms with van der Waals surface area (Å²) >= 11 is 3.42. The Kier molecular flexibility index (Phi) is 4.79. The number of benzene rings is 3. The number of methoxy groups -OCH3 is 1. The van der Waals surface area contributed by atoms with E-state index in [1.165, 1.54) is 0 Å². The highest BCUT2D eigenvalue weighted by atomic mass is 79.9. The second-order valence-electron chi connectivity index (χ2n) is 7.25. The molecule has 6 heteroatoms. The van der Waals surface area contributed by atoms with Crippen LogP contribution in [0, 0.1) is 0 Å². The van der Waals surface area contributed by atoms with Gasteiger partial charge in [-0.05, 0) is 48.0 Å². The molecule has 2 aliphatic heterocycles. The van der Waals surface area contributed by atoms with Crippen molar-refractivity contribution in [3.8, 4) is 11.5 Å². The smallest absolute Gasteiger partial charge is 0.251 e.